The van der Waals surface area contributed by atoms with Crippen molar-refractivity contribution in [3.63, 3.8) is 0 Å². The summed E-state index contributed by atoms with van der Waals surface area (Å²) in [7, 11) is 3.65. The van der Waals surface area contributed by atoms with Crippen LogP contribution in [0.3, 0.4) is 0 Å². The molecule has 1 aliphatic rings. The van der Waals surface area contributed by atoms with Crippen molar-refractivity contribution in [2.45, 2.75) is 0 Å². The molecular weight excluding hydrogens is 450 g/mol. The molecule has 2 aromatic heterocycles. The van der Waals surface area contributed by atoms with Crippen LogP contribution in [0, 0.1) is 0 Å². The van der Waals surface area contributed by atoms with Crippen LogP contribution in [0.1, 0.15) is 10.5 Å². The van der Waals surface area contributed by atoms with Crippen LogP contribution in [0.5, 0.6) is 5.75 Å². The topological polar surface area (TPSA) is 55.5 Å². The zero-order valence-electron chi connectivity index (χ0n) is 19.2. The third kappa shape index (κ3) is 4.15. The van der Waals surface area contributed by atoms with Gasteiger partial charge in [0.05, 0.1) is 24.2 Å². The van der Waals surface area contributed by atoms with E-state index in [1.54, 1.807) is 23.9 Å². The molecule has 0 unspecified atom stereocenters. The van der Waals surface area contributed by atoms with E-state index in [-0.39, 0.29) is 5.91 Å². The number of benzene rings is 2. The van der Waals surface area contributed by atoms with Gasteiger partial charge in [-0.25, -0.2) is 4.68 Å². The smallest absolute Gasteiger partial charge is 0.272 e. The molecule has 4 aromatic rings. The summed E-state index contributed by atoms with van der Waals surface area (Å²) in [5.41, 5.74) is 4.07. The highest BCUT2D eigenvalue weighted by Gasteiger charge is 2.27. The van der Waals surface area contributed by atoms with Crippen LogP contribution in [0.25, 0.3) is 17.1 Å². The van der Waals surface area contributed by atoms with Gasteiger partial charge in [0.1, 0.15) is 17.1 Å². The fraction of sp³-hybridized carbons (Fsp3) is 0.231. The van der Waals surface area contributed by atoms with Crippen molar-refractivity contribution in [3.8, 4) is 22.8 Å². The van der Waals surface area contributed by atoms with E-state index in [0.29, 0.717) is 23.8 Å². The molecule has 7 nitrogen and oxygen atoms in total. The van der Waals surface area contributed by atoms with Crippen LogP contribution in [-0.4, -0.2) is 58.4 Å². The molecule has 0 atom stereocenters. The highest BCUT2D eigenvalue weighted by Crippen LogP contribution is 2.29. The first-order valence-corrected chi connectivity index (χ1v) is 11.6. The van der Waals surface area contributed by atoms with Gasteiger partial charge in [0.25, 0.3) is 5.91 Å². The summed E-state index contributed by atoms with van der Waals surface area (Å²) in [6, 6.07) is 21.2. The van der Waals surface area contributed by atoms with Gasteiger partial charge in [-0.1, -0.05) is 23.7 Å². The lowest BCUT2D eigenvalue weighted by Crippen LogP contribution is -2.49. The Bertz CT molecular complexity index is 1300. The molecule has 0 aliphatic carbocycles. The van der Waals surface area contributed by atoms with Gasteiger partial charge in [0, 0.05) is 44.4 Å². The fourth-order valence-electron chi connectivity index (χ4n) is 4.37. The highest BCUT2D eigenvalue weighted by atomic mass is 35.5. The minimum atomic E-state index is -0.0393. The Morgan fingerprint density at radius 1 is 0.971 bits per heavy atom. The number of carbonyl (C=O) groups excluding carboxylic acids is 1. The van der Waals surface area contributed by atoms with Crippen molar-refractivity contribution in [1.82, 2.24) is 19.2 Å². The van der Waals surface area contributed by atoms with E-state index in [0.717, 1.165) is 41.6 Å². The van der Waals surface area contributed by atoms with Crippen molar-refractivity contribution in [2.24, 2.45) is 7.05 Å². The third-order valence-corrected chi connectivity index (χ3v) is 6.45. The van der Waals surface area contributed by atoms with Gasteiger partial charge in [-0.2, -0.15) is 5.10 Å². The molecule has 1 aliphatic heterocycles. The van der Waals surface area contributed by atoms with E-state index < -0.39 is 0 Å². The summed E-state index contributed by atoms with van der Waals surface area (Å²) in [6.45, 7) is 2.68. The van der Waals surface area contributed by atoms with Crippen LogP contribution >= 0.6 is 11.6 Å². The molecule has 3 heterocycles. The van der Waals surface area contributed by atoms with E-state index in [4.69, 9.17) is 21.4 Å². The molecule has 8 heteroatoms. The first-order chi connectivity index (χ1) is 16.5. The second-order valence-electron chi connectivity index (χ2n) is 8.26. The molecule has 1 amide bonds. The number of para-hydroxylation sites is 2. The highest BCUT2D eigenvalue weighted by molar-refractivity contribution is 6.30. The molecule has 5 rings (SSSR count). The molecule has 0 bridgehead atoms. The molecule has 1 saturated heterocycles. The summed E-state index contributed by atoms with van der Waals surface area (Å²) in [5, 5.41) is 5.43. The molecule has 0 saturated carbocycles. The number of hydrogen-bond donors (Lipinski definition) is 0. The number of piperazine rings is 1. The Balaban J connectivity index is 1.43. The van der Waals surface area contributed by atoms with Gasteiger partial charge in [-0.3, -0.25) is 4.79 Å². The van der Waals surface area contributed by atoms with Crippen LogP contribution in [0.2, 0.25) is 5.02 Å². The van der Waals surface area contributed by atoms with Gasteiger partial charge in [-0.15, -0.1) is 0 Å². The van der Waals surface area contributed by atoms with E-state index in [1.165, 1.54) is 0 Å². The third-order valence-electron chi connectivity index (χ3n) is 6.20. The minimum Gasteiger partial charge on any atom is -0.495 e. The first kappa shape index (κ1) is 22.1. The van der Waals surface area contributed by atoms with Gasteiger partial charge < -0.3 is 19.1 Å². The number of amides is 1. The molecule has 34 heavy (non-hydrogen) atoms. The SMILES string of the molecule is COc1ccccc1N1CCN(C(=O)c2cc(-c3cccn3C)nn2-c2ccc(Cl)cc2)CC1. The summed E-state index contributed by atoms with van der Waals surface area (Å²) in [5.74, 6) is 0.804. The Hall–Kier alpha value is -3.71. The van der Waals surface area contributed by atoms with Crippen LogP contribution < -0.4 is 9.64 Å². The Morgan fingerprint density at radius 2 is 1.71 bits per heavy atom. The standard InChI is InChI=1S/C26H26ClN5O2/c1-29-13-5-7-22(29)21-18-24(32(28-21)20-11-9-19(27)10-12-20)26(33)31-16-14-30(15-17-31)23-6-3-4-8-25(23)34-2/h3-13,18H,14-17H2,1-2H3. The molecule has 0 N–H and O–H groups in total. The average Bonchev–Trinajstić information content (AvgIpc) is 3.50. The summed E-state index contributed by atoms with van der Waals surface area (Å²) >= 11 is 6.09. The summed E-state index contributed by atoms with van der Waals surface area (Å²) < 4.78 is 9.23. The lowest BCUT2D eigenvalue weighted by Gasteiger charge is -2.36. The molecule has 174 valence electrons. The van der Waals surface area contributed by atoms with Crippen LogP contribution in [0.4, 0.5) is 5.69 Å². The van der Waals surface area contributed by atoms with Gasteiger partial charge in [0.15, 0.2) is 0 Å². The Kier molecular flexibility index (Phi) is 6.02. The normalized spacial score (nSPS) is 13.9. The predicted molar refractivity (Wildman–Crippen MR) is 134 cm³/mol. The fourth-order valence-corrected chi connectivity index (χ4v) is 4.49. The van der Waals surface area contributed by atoms with Gasteiger partial charge in [0.2, 0.25) is 0 Å². The first-order valence-electron chi connectivity index (χ1n) is 11.2. The maximum Gasteiger partial charge on any atom is 0.272 e. The quantitative estimate of drug-likeness (QED) is 0.426. The largest absolute Gasteiger partial charge is 0.495 e. The molecule has 0 radical (unpaired) electrons. The Morgan fingerprint density at radius 3 is 2.38 bits per heavy atom. The zero-order valence-corrected chi connectivity index (χ0v) is 19.9. The van der Waals surface area contributed by atoms with E-state index in [9.17, 15) is 4.79 Å². The van der Waals surface area contributed by atoms with Crippen molar-refractivity contribution >= 4 is 23.2 Å². The number of nitrogens with zero attached hydrogens (tertiary/aromatic N) is 5. The number of aromatic nitrogens is 3. The number of aryl methyl sites for hydroxylation is 1. The molecular formula is C26H26ClN5O2. The maximum atomic E-state index is 13.7. The molecule has 0 spiro atoms. The second kappa shape index (κ2) is 9.27. The summed E-state index contributed by atoms with van der Waals surface area (Å²) in [6.07, 6.45) is 1.97. The van der Waals surface area contributed by atoms with E-state index in [1.807, 2.05) is 71.2 Å². The number of halogens is 1. The summed E-state index contributed by atoms with van der Waals surface area (Å²) in [4.78, 5) is 17.8. The van der Waals surface area contributed by atoms with Crippen molar-refractivity contribution in [3.05, 3.63) is 83.6 Å². The number of carbonyl (C=O) groups is 1. The number of ether oxygens (including phenoxy) is 1. The monoisotopic (exact) mass is 475 g/mol. The van der Waals surface area contributed by atoms with Crippen molar-refractivity contribution in [2.75, 3.05) is 38.2 Å². The van der Waals surface area contributed by atoms with E-state index >= 15 is 0 Å². The van der Waals surface area contributed by atoms with Crippen LogP contribution in [-0.2, 0) is 7.05 Å². The predicted octanol–water partition coefficient (Wildman–Crippen LogP) is 4.50. The average molecular weight is 476 g/mol. The number of rotatable bonds is 5. The lowest BCUT2D eigenvalue weighted by atomic mass is 10.2. The number of hydrogen-bond acceptors (Lipinski definition) is 4. The van der Waals surface area contributed by atoms with Crippen molar-refractivity contribution in [1.29, 1.82) is 0 Å². The lowest BCUT2D eigenvalue weighted by molar-refractivity contribution is 0.0737. The maximum absolute atomic E-state index is 13.7. The zero-order chi connectivity index (χ0) is 23.7. The second-order valence-corrected chi connectivity index (χ2v) is 8.69. The van der Waals surface area contributed by atoms with E-state index in [2.05, 4.69) is 11.0 Å². The molecule has 1 fully saturated rings. The minimum absolute atomic E-state index is 0.0393. The molecule has 2 aromatic carbocycles. The van der Waals surface area contributed by atoms with Crippen LogP contribution in [0.15, 0.2) is 72.9 Å². The number of methoxy groups -OCH3 is 1. The van der Waals surface area contributed by atoms with Crippen molar-refractivity contribution < 1.29 is 9.53 Å². The van der Waals surface area contributed by atoms with Gasteiger partial charge >= 0.3 is 0 Å². The van der Waals surface area contributed by atoms with Gasteiger partial charge in [-0.05, 0) is 54.6 Å². The Labute approximate surface area is 203 Å². The number of anilines is 1.